The summed E-state index contributed by atoms with van der Waals surface area (Å²) >= 11 is 9.33. The van der Waals surface area contributed by atoms with Crippen LogP contribution in [0.1, 0.15) is 17.0 Å². The number of aryl methyl sites for hydroxylation is 1. The van der Waals surface area contributed by atoms with Gasteiger partial charge in [0.1, 0.15) is 0 Å². The lowest BCUT2D eigenvalue weighted by atomic mass is 10.1. The Morgan fingerprint density at radius 1 is 1.43 bits per heavy atom. The smallest absolute Gasteiger partial charge is 0.352 e. The summed E-state index contributed by atoms with van der Waals surface area (Å²) in [6, 6.07) is 5.06. The molecule has 110 valence electrons. The van der Waals surface area contributed by atoms with Crippen LogP contribution in [0.3, 0.4) is 0 Å². The molecule has 0 unspecified atom stereocenters. The van der Waals surface area contributed by atoms with E-state index < -0.39 is 11.7 Å². The Kier molecular flexibility index (Phi) is 4.49. The van der Waals surface area contributed by atoms with Crippen molar-refractivity contribution in [1.82, 2.24) is 9.55 Å². The molecule has 1 aromatic heterocycles. The third-order valence-corrected chi connectivity index (χ3v) is 4.39. The molecule has 1 aromatic carbocycles. The number of rotatable bonds is 3. The molecule has 0 spiro atoms. The van der Waals surface area contributed by atoms with E-state index in [1.807, 2.05) is 0 Å². The second-order valence-electron chi connectivity index (χ2n) is 4.55. The Morgan fingerprint density at radius 2 is 2.10 bits per heavy atom. The minimum Gasteiger partial charge on any atom is -0.481 e. The van der Waals surface area contributed by atoms with E-state index in [-0.39, 0.29) is 6.42 Å². The van der Waals surface area contributed by atoms with Gasteiger partial charge in [-0.15, -0.1) is 0 Å². The SMILES string of the molecule is Cc1nc(=O)n(-c2ccc(Br)c(Cl)c2)c(C)c1CC(=O)O. The first-order chi connectivity index (χ1) is 9.81. The normalized spacial score (nSPS) is 10.7. The van der Waals surface area contributed by atoms with Crippen LogP contribution in [0.2, 0.25) is 5.02 Å². The molecule has 0 amide bonds. The number of benzene rings is 1. The summed E-state index contributed by atoms with van der Waals surface area (Å²) in [5.41, 5.74) is 1.59. The van der Waals surface area contributed by atoms with E-state index in [0.29, 0.717) is 32.1 Å². The topological polar surface area (TPSA) is 72.2 Å². The number of carboxylic acid groups (broad SMARTS) is 1. The maximum absolute atomic E-state index is 12.1. The lowest BCUT2D eigenvalue weighted by molar-refractivity contribution is -0.136. The molecule has 0 saturated carbocycles. The molecule has 5 nitrogen and oxygen atoms in total. The number of aromatic nitrogens is 2. The van der Waals surface area contributed by atoms with Gasteiger partial charge in [0.05, 0.1) is 17.1 Å². The predicted octanol–water partition coefficient (Wildman–Crippen LogP) is 2.89. The lowest BCUT2D eigenvalue weighted by Gasteiger charge is -2.15. The maximum Gasteiger partial charge on any atom is 0.352 e. The van der Waals surface area contributed by atoms with Crippen molar-refractivity contribution in [3.05, 3.63) is 55.1 Å². The van der Waals surface area contributed by atoms with Crippen molar-refractivity contribution >= 4 is 33.5 Å². The average Bonchev–Trinajstić information content (AvgIpc) is 2.38. The molecule has 0 radical (unpaired) electrons. The Morgan fingerprint density at radius 3 is 2.67 bits per heavy atom. The van der Waals surface area contributed by atoms with Gasteiger partial charge in [0.25, 0.3) is 0 Å². The highest BCUT2D eigenvalue weighted by Gasteiger charge is 2.15. The van der Waals surface area contributed by atoms with Crippen molar-refractivity contribution in [2.75, 3.05) is 0 Å². The van der Waals surface area contributed by atoms with Gasteiger partial charge in [0.2, 0.25) is 0 Å². The summed E-state index contributed by atoms with van der Waals surface area (Å²) in [6.45, 7) is 3.33. The average molecular weight is 372 g/mol. The minimum absolute atomic E-state index is 0.185. The quantitative estimate of drug-likeness (QED) is 0.900. The van der Waals surface area contributed by atoms with E-state index in [2.05, 4.69) is 20.9 Å². The fraction of sp³-hybridized carbons (Fsp3) is 0.214. The summed E-state index contributed by atoms with van der Waals surface area (Å²) in [5, 5.41) is 9.44. The zero-order valence-corrected chi connectivity index (χ0v) is 13.7. The van der Waals surface area contributed by atoms with E-state index in [4.69, 9.17) is 16.7 Å². The Bertz CT molecular complexity index is 787. The van der Waals surface area contributed by atoms with Gasteiger partial charge in [-0.3, -0.25) is 9.36 Å². The number of hydrogen-bond donors (Lipinski definition) is 1. The zero-order chi connectivity index (χ0) is 15.7. The second-order valence-corrected chi connectivity index (χ2v) is 5.81. The highest BCUT2D eigenvalue weighted by Crippen LogP contribution is 2.25. The van der Waals surface area contributed by atoms with E-state index >= 15 is 0 Å². The Hall–Kier alpha value is -1.66. The monoisotopic (exact) mass is 370 g/mol. The maximum atomic E-state index is 12.1. The van der Waals surface area contributed by atoms with Crippen LogP contribution in [0, 0.1) is 13.8 Å². The molecule has 0 aliphatic rings. The van der Waals surface area contributed by atoms with Gasteiger partial charge >= 0.3 is 11.7 Å². The molecule has 21 heavy (non-hydrogen) atoms. The highest BCUT2D eigenvalue weighted by atomic mass is 79.9. The van der Waals surface area contributed by atoms with Crippen molar-refractivity contribution in [2.24, 2.45) is 0 Å². The lowest BCUT2D eigenvalue weighted by Crippen LogP contribution is -2.27. The summed E-state index contributed by atoms with van der Waals surface area (Å²) in [4.78, 5) is 27.0. The third-order valence-electron chi connectivity index (χ3n) is 3.15. The molecular weight excluding hydrogens is 360 g/mol. The summed E-state index contributed by atoms with van der Waals surface area (Å²) < 4.78 is 2.08. The van der Waals surface area contributed by atoms with Crippen LogP contribution < -0.4 is 5.69 Å². The first-order valence-corrected chi connectivity index (χ1v) is 7.24. The van der Waals surface area contributed by atoms with Gasteiger partial charge < -0.3 is 5.11 Å². The first-order valence-electron chi connectivity index (χ1n) is 6.07. The van der Waals surface area contributed by atoms with Crippen LogP contribution >= 0.6 is 27.5 Å². The molecule has 0 atom stereocenters. The van der Waals surface area contributed by atoms with Crippen LogP contribution in [0.4, 0.5) is 0 Å². The molecular formula is C14H12BrClN2O3. The zero-order valence-electron chi connectivity index (χ0n) is 11.4. The number of aliphatic carboxylic acids is 1. The van der Waals surface area contributed by atoms with Gasteiger partial charge in [-0.2, -0.15) is 4.98 Å². The Labute approximate surface area is 134 Å². The van der Waals surface area contributed by atoms with Crippen molar-refractivity contribution in [1.29, 1.82) is 0 Å². The predicted molar refractivity (Wildman–Crippen MR) is 83.4 cm³/mol. The van der Waals surface area contributed by atoms with Crippen LogP contribution in [0.25, 0.3) is 5.69 Å². The fourth-order valence-corrected chi connectivity index (χ4v) is 2.56. The molecule has 7 heteroatoms. The minimum atomic E-state index is -0.970. The molecule has 0 aliphatic carbocycles. The molecule has 1 heterocycles. The summed E-state index contributed by atoms with van der Waals surface area (Å²) in [5.74, 6) is -0.970. The Balaban J connectivity index is 2.71. The van der Waals surface area contributed by atoms with Crippen LogP contribution in [-0.4, -0.2) is 20.6 Å². The van der Waals surface area contributed by atoms with Crippen molar-refractivity contribution in [3.63, 3.8) is 0 Å². The van der Waals surface area contributed by atoms with Crippen LogP contribution in [-0.2, 0) is 11.2 Å². The van der Waals surface area contributed by atoms with Crippen molar-refractivity contribution in [2.45, 2.75) is 20.3 Å². The van der Waals surface area contributed by atoms with Gasteiger partial charge in [-0.1, -0.05) is 11.6 Å². The van der Waals surface area contributed by atoms with Gasteiger partial charge in [0, 0.05) is 21.4 Å². The van der Waals surface area contributed by atoms with Crippen LogP contribution in [0.5, 0.6) is 0 Å². The van der Waals surface area contributed by atoms with Crippen molar-refractivity contribution < 1.29 is 9.90 Å². The number of carboxylic acids is 1. The molecule has 0 bridgehead atoms. The van der Waals surface area contributed by atoms with Gasteiger partial charge in [-0.25, -0.2) is 4.79 Å². The fourth-order valence-electron chi connectivity index (χ4n) is 2.14. The molecule has 0 fully saturated rings. The van der Waals surface area contributed by atoms with E-state index in [1.165, 1.54) is 4.57 Å². The second kappa shape index (κ2) is 5.99. The standard InChI is InChI=1S/C14H12BrClN2O3/c1-7-10(6-13(19)20)8(2)18(14(21)17-7)9-3-4-11(15)12(16)5-9/h3-5H,6H2,1-2H3,(H,19,20). The molecule has 0 saturated heterocycles. The summed E-state index contributed by atoms with van der Waals surface area (Å²) in [7, 11) is 0. The van der Waals surface area contributed by atoms with E-state index in [0.717, 1.165) is 0 Å². The molecule has 1 N–H and O–H groups in total. The van der Waals surface area contributed by atoms with Gasteiger partial charge in [-0.05, 0) is 48.0 Å². The number of halogens is 2. The van der Waals surface area contributed by atoms with E-state index in [1.54, 1.807) is 32.0 Å². The molecule has 0 aliphatic heterocycles. The number of hydrogen-bond acceptors (Lipinski definition) is 3. The first kappa shape index (κ1) is 15.7. The van der Waals surface area contributed by atoms with Gasteiger partial charge in [0.15, 0.2) is 0 Å². The third kappa shape index (κ3) is 3.16. The van der Waals surface area contributed by atoms with Crippen molar-refractivity contribution in [3.8, 4) is 5.69 Å². The largest absolute Gasteiger partial charge is 0.481 e. The number of carbonyl (C=O) groups is 1. The van der Waals surface area contributed by atoms with Crippen LogP contribution in [0.15, 0.2) is 27.5 Å². The van der Waals surface area contributed by atoms with E-state index in [9.17, 15) is 9.59 Å². The summed E-state index contributed by atoms with van der Waals surface area (Å²) in [6.07, 6.45) is -0.185. The molecule has 2 rings (SSSR count). The molecule has 2 aromatic rings. The highest BCUT2D eigenvalue weighted by molar-refractivity contribution is 9.10. The number of nitrogens with zero attached hydrogens (tertiary/aromatic N) is 2.